The maximum atomic E-state index is 14.1. The maximum Gasteiger partial charge on any atom is 0.364 e. The quantitative estimate of drug-likeness (QED) is 0.0199. The number of aliphatic hydroxyl groups is 22. The Morgan fingerprint density at radius 1 is 0.386 bits per heavy atom. The van der Waals surface area contributed by atoms with Gasteiger partial charge in [-0.1, -0.05) is 167 Å². The Hall–Kier alpha value is -5.94. The van der Waals surface area contributed by atoms with Crippen molar-refractivity contribution in [3.8, 4) is 0 Å². The van der Waals surface area contributed by atoms with Crippen LogP contribution in [0.25, 0.3) is 0 Å². The number of hydrogen-bond donors (Lipinski definition) is 30. The van der Waals surface area contributed by atoms with E-state index in [2.05, 4.69) is 40.4 Å². The monoisotopic (exact) mass is 2100 g/mol. The molecule has 0 aliphatic carbocycles. The van der Waals surface area contributed by atoms with Crippen molar-refractivity contribution in [2.75, 3.05) is 52.9 Å². The van der Waals surface area contributed by atoms with Crippen molar-refractivity contribution in [3.63, 3.8) is 0 Å². The highest BCUT2D eigenvalue weighted by Gasteiger charge is 2.65. The molecule has 0 aromatic rings. The smallest absolute Gasteiger partial charge is 0.364 e. The van der Waals surface area contributed by atoms with Gasteiger partial charge in [0.1, 0.15) is 153 Å². The van der Waals surface area contributed by atoms with E-state index in [1.54, 1.807) is 6.08 Å². The third kappa shape index (κ3) is 35.3. The molecule has 7 aliphatic heterocycles. The van der Waals surface area contributed by atoms with Crippen LogP contribution in [0.1, 0.15) is 228 Å². The summed E-state index contributed by atoms with van der Waals surface area (Å²) in [4.78, 5) is 106. The Morgan fingerprint density at radius 3 is 1.19 bits per heavy atom. The minimum absolute atomic E-state index is 0.0956. The fourth-order valence-electron chi connectivity index (χ4n) is 19.0. The highest BCUT2D eigenvalue weighted by molar-refractivity contribution is 5.79. The molecule has 30 N–H and O–H groups in total. The molecule has 7 rings (SSSR count). The molecule has 0 saturated carbocycles. The van der Waals surface area contributed by atoms with E-state index in [0.29, 0.717) is 12.8 Å². The van der Waals surface area contributed by atoms with E-state index in [4.69, 9.17) is 66.3 Å². The first-order valence-electron chi connectivity index (χ1n) is 50.4. The van der Waals surface area contributed by atoms with E-state index in [1.165, 1.54) is 89.5 Å². The molecule has 40 atom stereocenters. The number of aliphatic hydroxyl groups excluding tert-OH is 22. The lowest BCUT2D eigenvalue weighted by atomic mass is 9.87. The Kier molecular flexibility index (Phi) is 53.6. The van der Waals surface area contributed by atoms with Crippen LogP contribution >= 0.6 is 0 Å². The second-order valence-electron chi connectivity index (χ2n) is 38.5. The Morgan fingerprint density at radius 2 is 0.752 bits per heavy atom. The minimum atomic E-state index is -3.54. The molecule has 7 saturated heterocycles. The summed E-state index contributed by atoms with van der Waals surface area (Å²) in [6.45, 7) is -2.06. The van der Waals surface area contributed by atoms with Gasteiger partial charge in [0.25, 0.3) is 17.4 Å². The molecule has 0 aromatic heterocycles. The second kappa shape index (κ2) is 61.7. The standard InChI is InChI=1S/C93H161N5O47/c1-7-9-11-13-15-17-19-21-23-25-27-29-31-33-51(109)50(98-62(115)34-32-30-28-26-24-22-20-18-16-14-12-10-8-2)44-132-85-74(123)72(121)78(59(42-103)135-85)139-86-75(124)73(122)77(60(43-104)136-86)138-84-66(97-49(6)108)79(140-87-76(125)83(69(118)57(40-101)134-87)145-93(90(130)131)37-54(112)64(95-47(4)106)81(144-93)68(117)56(114)39-100)71(120)61(137-84)45-133-91(88(126)127)35-52(110)65(96-48(5)107)82(142-91)70(119)58(41-102)141-92(89(128)129)36-53(111)63(94-46(3)105)80(143-92)67(116)55(113)38-99/h31,33,50-61,63-87,99-104,109-114,116-125H,7-30,32,34-45H2,1-6H3,(H,94,105)(H,95,106)(H,96,107)(H,97,108)(H,98,115)(H,126,127)(H,128,129)(H,130,131)/b33-31+/t50-,51+,52?,53?,54?,55+,56+,57?,58+,59?,60?,61?,63+,64+,65+,66?,67+,68+,69-,70+,71-,72+,73+,74?,75?,76?,77-,78+,79+,80?,81?,82?,83-,84-,85+,86-,87-,91+,92+,93-/m0/s1. The predicted octanol–water partition coefficient (Wildman–Crippen LogP) is -7.48. The van der Waals surface area contributed by atoms with Crippen molar-refractivity contribution in [1.82, 2.24) is 26.6 Å². The molecule has 7 heterocycles. The van der Waals surface area contributed by atoms with Crippen molar-refractivity contribution in [3.05, 3.63) is 12.2 Å². The van der Waals surface area contributed by atoms with Crippen molar-refractivity contribution < 1.29 is 232 Å². The first kappa shape index (κ1) is 126. The number of aliphatic carboxylic acids is 3. The van der Waals surface area contributed by atoms with E-state index in [0.717, 1.165) is 91.9 Å². The number of nitrogens with one attached hydrogen (secondary N) is 5. The summed E-state index contributed by atoms with van der Waals surface area (Å²) in [6, 6.07) is -9.19. The van der Waals surface area contributed by atoms with Crippen molar-refractivity contribution in [2.45, 2.75) is 471 Å². The number of unbranched alkanes of at least 4 members (excludes halogenated alkanes) is 23. The molecule has 145 heavy (non-hydrogen) atoms. The summed E-state index contributed by atoms with van der Waals surface area (Å²) in [5.74, 6) is -21.6. The molecular formula is C93H161N5O47. The van der Waals surface area contributed by atoms with Crippen LogP contribution in [0, 0.1) is 0 Å². The van der Waals surface area contributed by atoms with Gasteiger partial charge in [-0.2, -0.15) is 0 Å². The van der Waals surface area contributed by atoms with E-state index < -0.39 is 363 Å². The number of amides is 5. The van der Waals surface area contributed by atoms with Crippen molar-refractivity contribution in [1.29, 1.82) is 0 Å². The van der Waals surface area contributed by atoms with Crippen LogP contribution in [0.4, 0.5) is 0 Å². The van der Waals surface area contributed by atoms with Gasteiger partial charge < -0.3 is 221 Å². The van der Waals surface area contributed by atoms with Crippen LogP contribution in [-0.4, -0.2) is 472 Å². The van der Waals surface area contributed by atoms with Gasteiger partial charge in [0, 0.05) is 53.4 Å². The van der Waals surface area contributed by atoms with E-state index in [1.807, 2.05) is 0 Å². The number of carboxylic acids is 3. The van der Waals surface area contributed by atoms with Crippen LogP contribution in [0.3, 0.4) is 0 Å². The summed E-state index contributed by atoms with van der Waals surface area (Å²) in [7, 11) is 0. The van der Waals surface area contributed by atoms with Crippen LogP contribution in [-0.2, 0) is 105 Å². The fraction of sp³-hybridized carbons (Fsp3) is 0.892. The van der Waals surface area contributed by atoms with Gasteiger partial charge in [-0.3, -0.25) is 24.0 Å². The molecule has 14 unspecified atom stereocenters. The summed E-state index contributed by atoms with van der Waals surface area (Å²) in [5, 5.41) is 296. The Bertz CT molecular complexity index is 3880. The van der Waals surface area contributed by atoms with Crippen LogP contribution in [0.5, 0.6) is 0 Å². The zero-order valence-corrected chi connectivity index (χ0v) is 82.8. The lowest BCUT2D eigenvalue weighted by Crippen LogP contribution is -2.72. The van der Waals surface area contributed by atoms with Gasteiger partial charge >= 0.3 is 17.9 Å². The number of carboxylic acid groups (broad SMARTS) is 3. The lowest BCUT2D eigenvalue weighted by Gasteiger charge is -2.52. The molecule has 7 fully saturated rings. The normalized spacial score (nSPS) is 35.8. The largest absolute Gasteiger partial charge is 0.477 e. The Balaban J connectivity index is 1.20. The maximum absolute atomic E-state index is 14.1. The third-order valence-corrected chi connectivity index (χ3v) is 27.1. The first-order chi connectivity index (χ1) is 68.8. The highest BCUT2D eigenvalue weighted by atomic mass is 16.8. The summed E-state index contributed by atoms with van der Waals surface area (Å²) >= 11 is 0. The van der Waals surface area contributed by atoms with Gasteiger partial charge in [-0.05, 0) is 19.3 Å². The summed E-state index contributed by atoms with van der Waals surface area (Å²) in [5.41, 5.74) is 0. The molecule has 0 aromatic carbocycles. The van der Waals surface area contributed by atoms with Crippen LogP contribution < -0.4 is 26.6 Å². The molecule has 5 amide bonds. The van der Waals surface area contributed by atoms with E-state index in [9.17, 15) is 166 Å². The summed E-state index contributed by atoms with van der Waals surface area (Å²) in [6.07, 6.45) is -47.8. The number of carbonyl (C=O) groups excluding carboxylic acids is 5. The third-order valence-electron chi connectivity index (χ3n) is 27.1. The van der Waals surface area contributed by atoms with Crippen LogP contribution in [0.15, 0.2) is 12.2 Å². The van der Waals surface area contributed by atoms with Crippen molar-refractivity contribution in [2.24, 2.45) is 0 Å². The van der Waals surface area contributed by atoms with Gasteiger partial charge in [-0.15, -0.1) is 0 Å². The zero-order chi connectivity index (χ0) is 107. The topological polar surface area (TPSA) is 832 Å². The zero-order valence-electron chi connectivity index (χ0n) is 82.8. The number of ether oxygens (including phenoxy) is 14. The van der Waals surface area contributed by atoms with Crippen molar-refractivity contribution >= 4 is 47.4 Å². The molecule has 52 nitrogen and oxygen atoms in total. The minimum Gasteiger partial charge on any atom is -0.477 e. The number of hydrogen-bond acceptors (Lipinski definition) is 44. The Labute approximate surface area is 839 Å². The fourth-order valence-corrected chi connectivity index (χ4v) is 19.0. The first-order valence-corrected chi connectivity index (χ1v) is 50.4. The molecule has 840 valence electrons. The average Bonchev–Trinajstić information content (AvgIpc) is 0.747. The van der Waals surface area contributed by atoms with E-state index >= 15 is 0 Å². The number of rotatable bonds is 64. The molecular weight excluding hydrogens is 1940 g/mol. The summed E-state index contributed by atoms with van der Waals surface area (Å²) < 4.78 is 83.5. The molecule has 7 aliphatic rings. The second-order valence-corrected chi connectivity index (χ2v) is 38.5. The van der Waals surface area contributed by atoms with Gasteiger partial charge in [-0.25, -0.2) is 14.4 Å². The number of allylic oxidation sites excluding steroid dienone is 1. The lowest BCUT2D eigenvalue weighted by molar-refractivity contribution is -0.391. The van der Waals surface area contributed by atoms with Gasteiger partial charge in [0.05, 0.1) is 101 Å². The highest BCUT2D eigenvalue weighted by Crippen LogP contribution is 2.44. The van der Waals surface area contributed by atoms with Crippen LogP contribution in [0.2, 0.25) is 0 Å². The van der Waals surface area contributed by atoms with Gasteiger partial charge in [0.15, 0.2) is 25.2 Å². The van der Waals surface area contributed by atoms with E-state index in [-0.39, 0.29) is 6.42 Å². The predicted molar refractivity (Wildman–Crippen MR) is 492 cm³/mol. The number of carbonyl (C=O) groups is 8. The molecule has 52 heteroatoms. The van der Waals surface area contributed by atoms with Gasteiger partial charge in [0.2, 0.25) is 29.5 Å². The molecule has 0 spiro atoms. The SMILES string of the molecule is CCCCCCCCCCCCC/C=C/[C@@H](O)[C@H](CO[C@@H]1OC(CO)[C@@H](O[C@@H]2OC(CO)[C@H](O[C@@H]3OC(CO[C@]4(C(=O)O)CC(O)[C@@H](NC(C)=O)C([C@H](O)[C@@H](CO)O[C@]5(C(=O)O)CC(O)[C@@H](NC(C)=O)C([C@H](O)[C@H](O)CO)O5)O4)[C@H](O)[C@H](O[C@@H]4OC(CO)[C@H](O)[C@H](O[C@]5(C(=O)O)CC(O)[C@@H](NC(C)=O)C([C@H](O)[C@H](O)CO)O5)C4O)C3NC(C)=O)[C@H](O)C2O)[C@H](O)C1O)NC(=O)CCCCCCCCCCCCCCC. The molecule has 0 radical (unpaired) electrons. The molecule has 0 bridgehead atoms. The average molecular weight is 2100 g/mol.